The summed E-state index contributed by atoms with van der Waals surface area (Å²) in [6.07, 6.45) is -0.490. The van der Waals surface area contributed by atoms with Gasteiger partial charge in [0.05, 0.1) is 0 Å². The van der Waals surface area contributed by atoms with Crippen LogP contribution in [-0.4, -0.2) is 18.1 Å². The number of hydrogen-bond donors (Lipinski definition) is 1. The summed E-state index contributed by atoms with van der Waals surface area (Å²) in [7, 11) is 0. The Balaban J connectivity index is 2.65. The van der Waals surface area contributed by atoms with Gasteiger partial charge >= 0.3 is 0 Å². The Morgan fingerprint density at radius 2 is 1.60 bits per heavy atom. The Morgan fingerprint density at radius 3 is 2.10 bits per heavy atom. The number of carbonyl (C=O) groups excluding carboxylic acids is 1. The van der Waals surface area contributed by atoms with E-state index in [1.165, 1.54) is 0 Å². The van der Waals surface area contributed by atoms with E-state index in [1.54, 1.807) is 6.92 Å². The Morgan fingerprint density at radius 1 is 1.05 bits per heavy atom. The van der Waals surface area contributed by atoms with Gasteiger partial charge in [0.15, 0.2) is 6.10 Å². The molecule has 0 saturated carbocycles. The Kier molecular flexibility index (Phi) is 6.05. The molecular formula is C17H27NO2. The molecule has 0 spiro atoms. The molecule has 0 aromatic heterocycles. The van der Waals surface area contributed by atoms with E-state index in [2.05, 4.69) is 33.0 Å². The molecule has 1 aromatic carbocycles. The first kappa shape index (κ1) is 16.5. The number of nitrogens with one attached hydrogen (secondary N) is 1. The van der Waals surface area contributed by atoms with Gasteiger partial charge in [-0.15, -0.1) is 0 Å². The molecule has 1 amide bonds. The van der Waals surface area contributed by atoms with Gasteiger partial charge in [-0.1, -0.05) is 45.9 Å². The van der Waals surface area contributed by atoms with Crippen molar-refractivity contribution in [3.63, 3.8) is 0 Å². The second-order valence-electron chi connectivity index (χ2n) is 6.05. The van der Waals surface area contributed by atoms with Crippen LogP contribution in [0.4, 0.5) is 0 Å². The van der Waals surface area contributed by atoms with Crippen LogP contribution in [0.25, 0.3) is 0 Å². The van der Waals surface area contributed by atoms with Gasteiger partial charge in [-0.3, -0.25) is 4.79 Å². The third kappa shape index (κ3) is 4.55. The maximum Gasteiger partial charge on any atom is 0.261 e. The lowest BCUT2D eigenvalue weighted by molar-refractivity contribution is -0.128. The minimum atomic E-state index is -0.490. The molecule has 1 rings (SSSR count). The highest BCUT2D eigenvalue weighted by Crippen LogP contribution is 2.18. The Labute approximate surface area is 122 Å². The molecule has 112 valence electrons. The normalized spacial score (nSPS) is 12.8. The summed E-state index contributed by atoms with van der Waals surface area (Å²) in [5.41, 5.74) is 1.04. The van der Waals surface area contributed by atoms with Gasteiger partial charge in [0, 0.05) is 6.04 Å². The SMILES string of the molecule is Cc1ccccc1O[C@@H](C)C(=O)NC(C(C)C)C(C)C. The number of rotatable bonds is 6. The van der Waals surface area contributed by atoms with Crippen LogP contribution in [0.15, 0.2) is 24.3 Å². The molecular weight excluding hydrogens is 250 g/mol. The van der Waals surface area contributed by atoms with E-state index in [0.29, 0.717) is 11.8 Å². The van der Waals surface area contributed by atoms with Crippen molar-refractivity contribution >= 4 is 5.91 Å². The van der Waals surface area contributed by atoms with E-state index in [0.717, 1.165) is 11.3 Å². The number of ether oxygens (including phenoxy) is 1. The van der Waals surface area contributed by atoms with Crippen LogP contribution in [0.3, 0.4) is 0 Å². The van der Waals surface area contributed by atoms with Gasteiger partial charge in [-0.25, -0.2) is 0 Å². The molecule has 3 nitrogen and oxygen atoms in total. The molecule has 0 fully saturated rings. The first-order valence-electron chi connectivity index (χ1n) is 7.35. The second kappa shape index (κ2) is 7.32. The molecule has 1 atom stereocenters. The number of para-hydroxylation sites is 1. The fourth-order valence-electron chi connectivity index (χ4n) is 2.32. The summed E-state index contributed by atoms with van der Waals surface area (Å²) in [5.74, 6) is 1.52. The topological polar surface area (TPSA) is 38.3 Å². The zero-order chi connectivity index (χ0) is 15.3. The predicted molar refractivity (Wildman–Crippen MR) is 82.9 cm³/mol. The molecule has 0 aliphatic rings. The minimum absolute atomic E-state index is 0.0550. The molecule has 0 radical (unpaired) electrons. The van der Waals surface area contributed by atoms with Crippen molar-refractivity contribution in [1.82, 2.24) is 5.32 Å². The van der Waals surface area contributed by atoms with E-state index in [1.807, 2.05) is 31.2 Å². The first-order valence-corrected chi connectivity index (χ1v) is 7.35. The number of amides is 1. The van der Waals surface area contributed by atoms with Gasteiger partial charge in [0.1, 0.15) is 5.75 Å². The summed E-state index contributed by atoms with van der Waals surface area (Å²) in [6.45, 7) is 12.3. The third-order valence-electron chi connectivity index (χ3n) is 3.51. The molecule has 1 aromatic rings. The Hall–Kier alpha value is -1.51. The number of aryl methyl sites for hydroxylation is 1. The van der Waals surface area contributed by atoms with Crippen LogP contribution in [0.2, 0.25) is 0 Å². The molecule has 1 N–H and O–H groups in total. The van der Waals surface area contributed by atoms with Crippen molar-refractivity contribution < 1.29 is 9.53 Å². The van der Waals surface area contributed by atoms with E-state index in [-0.39, 0.29) is 11.9 Å². The molecule has 0 aliphatic heterocycles. The van der Waals surface area contributed by atoms with Crippen LogP contribution in [0.5, 0.6) is 5.75 Å². The molecule has 0 heterocycles. The number of benzene rings is 1. The van der Waals surface area contributed by atoms with Gasteiger partial charge in [-0.2, -0.15) is 0 Å². The zero-order valence-electron chi connectivity index (χ0n) is 13.4. The van der Waals surface area contributed by atoms with Crippen LogP contribution >= 0.6 is 0 Å². The zero-order valence-corrected chi connectivity index (χ0v) is 13.4. The summed E-state index contributed by atoms with van der Waals surface area (Å²) in [6, 6.07) is 7.91. The quantitative estimate of drug-likeness (QED) is 0.863. The summed E-state index contributed by atoms with van der Waals surface area (Å²) < 4.78 is 5.76. The fourth-order valence-corrected chi connectivity index (χ4v) is 2.32. The van der Waals surface area contributed by atoms with Crippen LogP contribution < -0.4 is 10.1 Å². The summed E-state index contributed by atoms with van der Waals surface area (Å²) in [4.78, 5) is 12.2. The van der Waals surface area contributed by atoms with Crippen molar-refractivity contribution in [2.75, 3.05) is 0 Å². The minimum Gasteiger partial charge on any atom is -0.481 e. The molecule has 0 saturated heterocycles. The highest BCUT2D eigenvalue weighted by Gasteiger charge is 2.23. The average Bonchev–Trinajstić information content (AvgIpc) is 2.37. The monoisotopic (exact) mass is 277 g/mol. The van der Waals surface area contributed by atoms with Crippen molar-refractivity contribution in [1.29, 1.82) is 0 Å². The molecule has 0 unspecified atom stereocenters. The van der Waals surface area contributed by atoms with Gasteiger partial charge < -0.3 is 10.1 Å². The van der Waals surface area contributed by atoms with Crippen LogP contribution in [0, 0.1) is 18.8 Å². The van der Waals surface area contributed by atoms with Crippen LogP contribution in [0.1, 0.15) is 40.2 Å². The third-order valence-corrected chi connectivity index (χ3v) is 3.51. The summed E-state index contributed by atoms with van der Waals surface area (Å²) >= 11 is 0. The highest BCUT2D eigenvalue weighted by molar-refractivity contribution is 5.81. The van der Waals surface area contributed by atoms with Crippen molar-refractivity contribution in [3.05, 3.63) is 29.8 Å². The highest BCUT2D eigenvalue weighted by atomic mass is 16.5. The molecule has 20 heavy (non-hydrogen) atoms. The second-order valence-corrected chi connectivity index (χ2v) is 6.05. The number of hydrogen-bond acceptors (Lipinski definition) is 2. The van der Waals surface area contributed by atoms with E-state index in [4.69, 9.17) is 4.74 Å². The molecule has 3 heteroatoms. The van der Waals surface area contributed by atoms with E-state index in [9.17, 15) is 4.79 Å². The summed E-state index contributed by atoms with van der Waals surface area (Å²) in [5, 5.41) is 3.09. The standard InChI is InChI=1S/C17H27NO2/c1-11(2)16(12(3)4)18-17(19)14(6)20-15-10-8-7-9-13(15)5/h7-12,14,16H,1-6H3,(H,18,19)/t14-/m0/s1. The van der Waals surface area contributed by atoms with Crippen molar-refractivity contribution in [3.8, 4) is 5.75 Å². The van der Waals surface area contributed by atoms with Gasteiger partial charge in [-0.05, 0) is 37.3 Å². The van der Waals surface area contributed by atoms with E-state index >= 15 is 0 Å². The number of carbonyl (C=O) groups is 1. The van der Waals surface area contributed by atoms with Crippen molar-refractivity contribution in [2.45, 2.75) is 53.7 Å². The lowest BCUT2D eigenvalue weighted by atomic mass is 9.93. The maximum atomic E-state index is 12.2. The first-order chi connectivity index (χ1) is 9.32. The predicted octanol–water partition coefficient (Wildman–Crippen LogP) is 3.56. The van der Waals surface area contributed by atoms with Crippen molar-refractivity contribution in [2.24, 2.45) is 11.8 Å². The lowest BCUT2D eigenvalue weighted by Gasteiger charge is -2.27. The lowest BCUT2D eigenvalue weighted by Crippen LogP contribution is -2.47. The maximum absolute atomic E-state index is 12.2. The van der Waals surface area contributed by atoms with Gasteiger partial charge in [0.25, 0.3) is 5.91 Å². The smallest absolute Gasteiger partial charge is 0.261 e. The molecule has 0 bridgehead atoms. The Bertz CT molecular complexity index is 432. The van der Waals surface area contributed by atoms with Gasteiger partial charge in [0.2, 0.25) is 0 Å². The van der Waals surface area contributed by atoms with Crippen LogP contribution in [-0.2, 0) is 4.79 Å². The molecule has 0 aliphatic carbocycles. The fraction of sp³-hybridized carbons (Fsp3) is 0.588. The average molecular weight is 277 g/mol. The van der Waals surface area contributed by atoms with E-state index < -0.39 is 6.10 Å². The largest absolute Gasteiger partial charge is 0.481 e.